The van der Waals surface area contributed by atoms with E-state index in [0.717, 1.165) is 37.1 Å². The predicted octanol–water partition coefficient (Wildman–Crippen LogP) is 4.21. The number of para-hydroxylation sites is 2. The first-order chi connectivity index (χ1) is 14.2. The summed E-state index contributed by atoms with van der Waals surface area (Å²) in [6.45, 7) is 3.28. The van der Waals surface area contributed by atoms with Crippen LogP contribution in [0.25, 0.3) is 15.9 Å². The number of fused-ring (bicyclic) bond motifs is 1. The highest BCUT2D eigenvalue weighted by molar-refractivity contribution is 7.18. The number of thiazole rings is 1. The fourth-order valence-electron chi connectivity index (χ4n) is 3.80. The van der Waals surface area contributed by atoms with Gasteiger partial charge in [-0.2, -0.15) is 9.90 Å². The van der Waals surface area contributed by atoms with Gasteiger partial charge in [0, 0.05) is 19.0 Å². The number of nitrogens with zero attached hydrogens (tertiary/aromatic N) is 5. The molecule has 2 aromatic carbocycles. The number of aryl methyl sites for hydroxylation is 1. The Morgan fingerprint density at radius 1 is 1.00 bits per heavy atom. The second-order valence-electron chi connectivity index (χ2n) is 7.35. The molecule has 0 aliphatic carbocycles. The van der Waals surface area contributed by atoms with Crippen LogP contribution in [0, 0.1) is 6.92 Å². The van der Waals surface area contributed by atoms with Crippen molar-refractivity contribution in [1.82, 2.24) is 24.9 Å². The number of carbonyl (C=O) groups excluding carboxylic acids is 1. The lowest BCUT2D eigenvalue weighted by Gasteiger charge is -2.30. The van der Waals surface area contributed by atoms with Gasteiger partial charge in [0.05, 0.1) is 26.6 Å². The van der Waals surface area contributed by atoms with Crippen molar-refractivity contribution in [1.29, 1.82) is 0 Å². The van der Waals surface area contributed by atoms with E-state index in [1.54, 1.807) is 11.3 Å². The first-order valence-corrected chi connectivity index (χ1v) is 10.6. The Bertz CT molecular complexity index is 1130. The maximum absolute atomic E-state index is 13.0. The summed E-state index contributed by atoms with van der Waals surface area (Å²) in [7, 11) is 0. The second-order valence-corrected chi connectivity index (χ2v) is 8.41. The molecule has 7 heteroatoms. The standard InChI is InChI=1S/C22H21N5OS/c1-15-20(25-27(24-15)17-7-3-2-4-8-17)22(28)26-13-11-16(12-14-26)21-23-18-9-5-6-10-19(18)29-21/h2-10,16H,11-14H2,1H3. The molecule has 146 valence electrons. The van der Waals surface area contributed by atoms with Crippen molar-refractivity contribution in [3.05, 3.63) is 71.0 Å². The Labute approximate surface area is 172 Å². The van der Waals surface area contributed by atoms with Gasteiger partial charge < -0.3 is 4.90 Å². The van der Waals surface area contributed by atoms with E-state index < -0.39 is 0 Å². The van der Waals surface area contributed by atoms with E-state index in [0.29, 0.717) is 17.3 Å². The molecule has 0 spiro atoms. The van der Waals surface area contributed by atoms with Crippen molar-refractivity contribution in [2.75, 3.05) is 13.1 Å². The molecule has 0 unspecified atom stereocenters. The monoisotopic (exact) mass is 403 g/mol. The van der Waals surface area contributed by atoms with Gasteiger partial charge in [-0.1, -0.05) is 30.3 Å². The maximum atomic E-state index is 13.0. The summed E-state index contributed by atoms with van der Waals surface area (Å²) in [6.07, 6.45) is 1.86. The first kappa shape index (κ1) is 18.0. The van der Waals surface area contributed by atoms with E-state index in [2.05, 4.69) is 28.4 Å². The Kier molecular flexibility index (Phi) is 4.60. The lowest BCUT2D eigenvalue weighted by atomic mass is 9.97. The molecule has 6 nitrogen and oxygen atoms in total. The van der Waals surface area contributed by atoms with Crippen molar-refractivity contribution >= 4 is 27.5 Å². The van der Waals surface area contributed by atoms with Crippen LogP contribution in [0.1, 0.15) is 39.9 Å². The fraction of sp³-hybridized carbons (Fsp3) is 0.273. The highest BCUT2D eigenvalue weighted by Gasteiger charge is 2.29. The zero-order valence-electron chi connectivity index (χ0n) is 16.2. The fourth-order valence-corrected chi connectivity index (χ4v) is 4.93. The van der Waals surface area contributed by atoms with Gasteiger partial charge in [0.25, 0.3) is 5.91 Å². The smallest absolute Gasteiger partial charge is 0.276 e. The molecule has 1 aliphatic heterocycles. The van der Waals surface area contributed by atoms with Crippen molar-refractivity contribution in [3.63, 3.8) is 0 Å². The summed E-state index contributed by atoms with van der Waals surface area (Å²) in [6, 6.07) is 17.9. The average molecular weight is 404 g/mol. The van der Waals surface area contributed by atoms with Crippen LogP contribution in [0.15, 0.2) is 54.6 Å². The van der Waals surface area contributed by atoms with Crippen LogP contribution in [0.3, 0.4) is 0 Å². The zero-order valence-corrected chi connectivity index (χ0v) is 17.0. The van der Waals surface area contributed by atoms with Crippen LogP contribution in [0.2, 0.25) is 0 Å². The van der Waals surface area contributed by atoms with Crippen LogP contribution >= 0.6 is 11.3 Å². The molecule has 2 aromatic heterocycles. The maximum Gasteiger partial charge on any atom is 0.276 e. The van der Waals surface area contributed by atoms with Crippen molar-refractivity contribution in [3.8, 4) is 5.69 Å². The van der Waals surface area contributed by atoms with Gasteiger partial charge in [0.15, 0.2) is 5.69 Å². The van der Waals surface area contributed by atoms with Crippen LogP contribution in [0.4, 0.5) is 0 Å². The van der Waals surface area contributed by atoms with Crippen LogP contribution < -0.4 is 0 Å². The minimum absolute atomic E-state index is 0.0348. The molecule has 1 fully saturated rings. The highest BCUT2D eigenvalue weighted by atomic mass is 32.1. The third-order valence-corrected chi connectivity index (χ3v) is 6.61. The molecule has 3 heterocycles. The van der Waals surface area contributed by atoms with Crippen LogP contribution in [-0.2, 0) is 0 Å². The minimum Gasteiger partial charge on any atom is -0.337 e. The molecule has 1 saturated heterocycles. The normalized spacial score (nSPS) is 15.1. The lowest BCUT2D eigenvalue weighted by molar-refractivity contribution is 0.0705. The molecule has 0 bridgehead atoms. The number of aromatic nitrogens is 4. The Morgan fingerprint density at radius 2 is 1.72 bits per heavy atom. The molecule has 29 heavy (non-hydrogen) atoms. The van der Waals surface area contributed by atoms with Gasteiger partial charge in [-0.05, 0) is 44.0 Å². The Morgan fingerprint density at radius 3 is 2.48 bits per heavy atom. The van der Waals surface area contributed by atoms with Crippen LogP contribution in [-0.4, -0.2) is 43.9 Å². The number of benzene rings is 2. The average Bonchev–Trinajstić information content (AvgIpc) is 3.38. The van der Waals surface area contributed by atoms with E-state index in [-0.39, 0.29) is 5.91 Å². The molecule has 4 aromatic rings. The predicted molar refractivity (Wildman–Crippen MR) is 114 cm³/mol. The third kappa shape index (κ3) is 3.42. The molecule has 0 N–H and O–H groups in total. The number of carbonyl (C=O) groups is 1. The number of amides is 1. The first-order valence-electron chi connectivity index (χ1n) is 9.83. The molecule has 1 amide bonds. The molecule has 0 atom stereocenters. The summed E-state index contributed by atoms with van der Waals surface area (Å²) in [5.74, 6) is 0.380. The number of likely N-dealkylation sites (tertiary alicyclic amines) is 1. The molecular formula is C22H21N5OS. The second kappa shape index (κ2) is 7.40. The molecular weight excluding hydrogens is 382 g/mol. The van der Waals surface area contributed by atoms with Gasteiger partial charge in [0.2, 0.25) is 0 Å². The van der Waals surface area contributed by atoms with Gasteiger partial charge >= 0.3 is 0 Å². The van der Waals surface area contributed by atoms with Gasteiger partial charge in [-0.3, -0.25) is 4.79 Å². The van der Waals surface area contributed by atoms with Crippen molar-refractivity contribution < 1.29 is 4.79 Å². The van der Waals surface area contributed by atoms with Gasteiger partial charge in [-0.15, -0.1) is 16.4 Å². The van der Waals surface area contributed by atoms with E-state index >= 15 is 0 Å². The number of hydrogen-bond donors (Lipinski definition) is 0. The van der Waals surface area contributed by atoms with E-state index in [1.807, 2.05) is 48.2 Å². The summed E-state index contributed by atoms with van der Waals surface area (Å²) in [4.78, 5) is 21.3. The molecule has 5 rings (SSSR count). The number of rotatable bonds is 3. The molecule has 0 saturated carbocycles. The summed E-state index contributed by atoms with van der Waals surface area (Å²) < 4.78 is 1.23. The molecule has 0 radical (unpaired) electrons. The summed E-state index contributed by atoms with van der Waals surface area (Å²) in [5.41, 5.74) is 3.02. The number of hydrogen-bond acceptors (Lipinski definition) is 5. The largest absolute Gasteiger partial charge is 0.337 e. The third-order valence-electron chi connectivity index (χ3n) is 5.41. The Hall–Kier alpha value is -3.06. The van der Waals surface area contributed by atoms with E-state index in [9.17, 15) is 4.79 Å². The zero-order chi connectivity index (χ0) is 19.8. The minimum atomic E-state index is -0.0348. The quantitative estimate of drug-likeness (QED) is 0.514. The lowest BCUT2D eigenvalue weighted by Crippen LogP contribution is -2.38. The van der Waals surface area contributed by atoms with Crippen LogP contribution in [0.5, 0.6) is 0 Å². The van der Waals surface area contributed by atoms with Gasteiger partial charge in [-0.25, -0.2) is 4.98 Å². The van der Waals surface area contributed by atoms with Gasteiger partial charge in [0.1, 0.15) is 0 Å². The van der Waals surface area contributed by atoms with Crippen molar-refractivity contribution in [2.24, 2.45) is 0 Å². The summed E-state index contributed by atoms with van der Waals surface area (Å²) in [5, 5.41) is 10.1. The number of piperidine rings is 1. The van der Waals surface area contributed by atoms with E-state index in [4.69, 9.17) is 4.98 Å². The van der Waals surface area contributed by atoms with E-state index in [1.165, 1.54) is 14.5 Å². The van der Waals surface area contributed by atoms with Crippen molar-refractivity contribution in [2.45, 2.75) is 25.7 Å². The highest BCUT2D eigenvalue weighted by Crippen LogP contribution is 2.34. The SMILES string of the molecule is Cc1nn(-c2ccccc2)nc1C(=O)N1CCC(c2nc3ccccc3s2)CC1. The summed E-state index contributed by atoms with van der Waals surface area (Å²) >= 11 is 1.77. The topological polar surface area (TPSA) is 63.9 Å². The Balaban J connectivity index is 1.29. The molecule has 1 aliphatic rings.